The van der Waals surface area contributed by atoms with Crippen molar-refractivity contribution in [1.82, 2.24) is 26.6 Å². The molecule has 2 rings (SSSR count). The summed E-state index contributed by atoms with van der Waals surface area (Å²) < 4.78 is 0. The number of nitrogens with one attached hydrogen (secondary N) is 5. The molecule has 1 aliphatic carbocycles. The SMILES string of the molecule is CC1(NCC2=C=CC=C2)CNCCNCCCNCCNC1. The molecular weight excluding hydrogens is 274 g/mol. The van der Waals surface area contributed by atoms with E-state index in [1.54, 1.807) is 0 Å². The maximum Gasteiger partial charge on any atom is 0.0406 e. The van der Waals surface area contributed by atoms with Gasteiger partial charge in [0.2, 0.25) is 0 Å². The third-order valence-electron chi connectivity index (χ3n) is 4.06. The van der Waals surface area contributed by atoms with E-state index in [4.69, 9.17) is 0 Å². The van der Waals surface area contributed by atoms with E-state index in [1.165, 1.54) is 12.0 Å². The number of hydrogen-bond acceptors (Lipinski definition) is 5. The Labute approximate surface area is 134 Å². The summed E-state index contributed by atoms with van der Waals surface area (Å²) in [5, 5.41) is 17.8. The second kappa shape index (κ2) is 9.95. The molecule has 1 fully saturated rings. The van der Waals surface area contributed by atoms with Crippen LogP contribution in [0.1, 0.15) is 13.3 Å². The lowest BCUT2D eigenvalue weighted by Crippen LogP contribution is -2.57. The molecule has 0 amide bonds. The molecule has 5 nitrogen and oxygen atoms in total. The topological polar surface area (TPSA) is 60.1 Å². The van der Waals surface area contributed by atoms with Gasteiger partial charge in [-0.3, -0.25) is 0 Å². The highest BCUT2D eigenvalue weighted by Crippen LogP contribution is 2.05. The molecule has 1 heterocycles. The first-order valence-corrected chi connectivity index (χ1v) is 8.49. The molecule has 5 heteroatoms. The summed E-state index contributed by atoms with van der Waals surface area (Å²) in [6, 6.07) is 0. The van der Waals surface area contributed by atoms with Gasteiger partial charge in [0.15, 0.2) is 0 Å². The van der Waals surface area contributed by atoms with E-state index in [9.17, 15) is 0 Å². The van der Waals surface area contributed by atoms with Crippen molar-refractivity contribution in [3.05, 3.63) is 29.5 Å². The minimum Gasteiger partial charge on any atom is -0.315 e. The maximum absolute atomic E-state index is 3.68. The van der Waals surface area contributed by atoms with E-state index >= 15 is 0 Å². The van der Waals surface area contributed by atoms with Crippen LogP contribution < -0.4 is 26.6 Å². The van der Waals surface area contributed by atoms with Gasteiger partial charge in [0.1, 0.15) is 0 Å². The molecule has 0 aromatic carbocycles. The molecule has 1 saturated heterocycles. The van der Waals surface area contributed by atoms with E-state index in [0.717, 1.165) is 58.9 Å². The van der Waals surface area contributed by atoms with Crippen LogP contribution in [0.25, 0.3) is 0 Å². The van der Waals surface area contributed by atoms with Gasteiger partial charge in [0, 0.05) is 56.9 Å². The van der Waals surface area contributed by atoms with E-state index in [2.05, 4.69) is 45.3 Å². The molecule has 2 aliphatic rings. The van der Waals surface area contributed by atoms with Gasteiger partial charge in [-0.2, -0.15) is 0 Å². The van der Waals surface area contributed by atoms with Crippen molar-refractivity contribution in [2.75, 3.05) is 58.9 Å². The van der Waals surface area contributed by atoms with E-state index < -0.39 is 0 Å². The predicted molar refractivity (Wildman–Crippen MR) is 93.2 cm³/mol. The summed E-state index contributed by atoms with van der Waals surface area (Å²) >= 11 is 0. The second-order valence-corrected chi connectivity index (χ2v) is 6.32. The molecule has 1 aliphatic heterocycles. The van der Waals surface area contributed by atoms with E-state index in [0.29, 0.717) is 0 Å². The first-order valence-electron chi connectivity index (χ1n) is 8.49. The van der Waals surface area contributed by atoms with Gasteiger partial charge in [-0.25, -0.2) is 0 Å². The lowest BCUT2D eigenvalue weighted by atomic mass is 10.0. The lowest BCUT2D eigenvalue weighted by molar-refractivity contribution is 0.327. The summed E-state index contributed by atoms with van der Waals surface area (Å²) in [5.74, 6) is 0. The van der Waals surface area contributed by atoms with Gasteiger partial charge in [-0.05, 0) is 38.6 Å². The average Bonchev–Trinajstić information content (AvgIpc) is 3.03. The van der Waals surface area contributed by atoms with Crippen LogP contribution in [0.15, 0.2) is 29.5 Å². The zero-order valence-electron chi connectivity index (χ0n) is 13.8. The standard InChI is InChI=1S/C17H31N5/c1-17(22-13-16-5-2-3-6-16)14-20-11-9-18-7-4-8-19-10-12-21-15-17/h2-3,5,18-22H,4,7-15H2,1H3. The molecule has 0 radical (unpaired) electrons. The molecule has 0 saturated carbocycles. The highest BCUT2D eigenvalue weighted by atomic mass is 15.1. The first-order chi connectivity index (χ1) is 10.8. The Bertz CT molecular complexity index is 395. The lowest BCUT2D eigenvalue weighted by Gasteiger charge is -2.32. The quantitative estimate of drug-likeness (QED) is 0.466. The molecule has 0 unspecified atom stereocenters. The Balaban J connectivity index is 1.80. The summed E-state index contributed by atoms with van der Waals surface area (Å²) in [4.78, 5) is 0. The van der Waals surface area contributed by atoms with Crippen LogP contribution in [-0.4, -0.2) is 64.4 Å². The average molecular weight is 305 g/mol. The Morgan fingerprint density at radius 3 is 2.23 bits per heavy atom. The summed E-state index contributed by atoms with van der Waals surface area (Å²) in [5.41, 5.74) is 4.52. The molecular formula is C17H31N5. The normalized spacial score (nSPS) is 24.0. The molecule has 22 heavy (non-hydrogen) atoms. The van der Waals surface area contributed by atoms with Crippen molar-refractivity contribution in [1.29, 1.82) is 0 Å². The Kier molecular flexibility index (Phi) is 7.88. The van der Waals surface area contributed by atoms with Crippen LogP contribution in [-0.2, 0) is 0 Å². The maximum atomic E-state index is 3.68. The molecule has 124 valence electrons. The van der Waals surface area contributed by atoms with E-state index in [1.807, 2.05) is 12.2 Å². The second-order valence-electron chi connectivity index (χ2n) is 6.32. The minimum absolute atomic E-state index is 0.0369. The van der Waals surface area contributed by atoms with Crippen molar-refractivity contribution < 1.29 is 0 Å². The highest BCUT2D eigenvalue weighted by Gasteiger charge is 2.23. The van der Waals surface area contributed by atoms with Gasteiger partial charge < -0.3 is 26.6 Å². The first kappa shape index (κ1) is 17.4. The molecule has 0 aromatic rings. The zero-order valence-corrected chi connectivity index (χ0v) is 13.8. The zero-order chi connectivity index (χ0) is 15.5. The van der Waals surface area contributed by atoms with Gasteiger partial charge in [-0.1, -0.05) is 6.08 Å². The van der Waals surface area contributed by atoms with Crippen molar-refractivity contribution in [3.63, 3.8) is 0 Å². The number of rotatable bonds is 3. The Morgan fingerprint density at radius 2 is 1.64 bits per heavy atom. The molecule has 0 spiro atoms. The Hall–Kier alpha value is -0.940. The van der Waals surface area contributed by atoms with Crippen molar-refractivity contribution in [3.8, 4) is 0 Å². The van der Waals surface area contributed by atoms with Gasteiger partial charge in [0.05, 0.1) is 0 Å². The fourth-order valence-corrected chi connectivity index (χ4v) is 2.64. The van der Waals surface area contributed by atoms with Gasteiger partial charge >= 0.3 is 0 Å². The Morgan fingerprint density at radius 1 is 1.00 bits per heavy atom. The smallest absolute Gasteiger partial charge is 0.0406 e. The minimum atomic E-state index is 0.0369. The fraction of sp³-hybridized carbons (Fsp3) is 0.706. The van der Waals surface area contributed by atoms with Crippen molar-refractivity contribution in [2.45, 2.75) is 18.9 Å². The van der Waals surface area contributed by atoms with Crippen LogP contribution in [0.2, 0.25) is 0 Å². The fourth-order valence-electron chi connectivity index (χ4n) is 2.64. The summed E-state index contributed by atoms with van der Waals surface area (Å²) in [7, 11) is 0. The van der Waals surface area contributed by atoms with Crippen molar-refractivity contribution in [2.24, 2.45) is 0 Å². The molecule has 0 bridgehead atoms. The van der Waals surface area contributed by atoms with E-state index in [-0.39, 0.29) is 5.54 Å². The summed E-state index contributed by atoms with van der Waals surface area (Å²) in [6.07, 6.45) is 7.32. The van der Waals surface area contributed by atoms with Crippen LogP contribution in [0.5, 0.6) is 0 Å². The van der Waals surface area contributed by atoms with Crippen LogP contribution in [0, 0.1) is 0 Å². The van der Waals surface area contributed by atoms with Crippen molar-refractivity contribution >= 4 is 0 Å². The van der Waals surface area contributed by atoms with Crippen LogP contribution in [0.3, 0.4) is 0 Å². The predicted octanol–water partition coefficient (Wildman–Crippen LogP) is -0.252. The van der Waals surface area contributed by atoms with Crippen LogP contribution in [0.4, 0.5) is 0 Å². The monoisotopic (exact) mass is 305 g/mol. The van der Waals surface area contributed by atoms with Gasteiger partial charge in [-0.15, -0.1) is 5.73 Å². The third-order valence-corrected chi connectivity index (χ3v) is 4.06. The van der Waals surface area contributed by atoms with Crippen LogP contribution >= 0.6 is 0 Å². The third kappa shape index (κ3) is 6.88. The molecule has 0 aromatic heterocycles. The number of hydrogen-bond donors (Lipinski definition) is 5. The largest absolute Gasteiger partial charge is 0.315 e. The summed E-state index contributed by atoms with van der Waals surface area (Å²) in [6.45, 7) is 11.3. The molecule has 5 N–H and O–H groups in total. The number of allylic oxidation sites excluding steroid dienone is 1. The highest BCUT2D eigenvalue weighted by molar-refractivity contribution is 5.30. The molecule has 0 atom stereocenters. The van der Waals surface area contributed by atoms with Gasteiger partial charge in [0.25, 0.3) is 0 Å².